The minimum atomic E-state index is -0.276. The molecule has 1 heterocycles. The van der Waals surface area contributed by atoms with Gasteiger partial charge in [0.25, 0.3) is 0 Å². The molecule has 1 aliphatic rings. The molecular weight excluding hydrogens is 236 g/mol. The van der Waals surface area contributed by atoms with Crippen LogP contribution in [0, 0.1) is 0 Å². The van der Waals surface area contributed by atoms with Crippen LogP contribution in [0.5, 0.6) is 5.75 Å². The summed E-state index contributed by atoms with van der Waals surface area (Å²) in [5, 5.41) is 0. The van der Waals surface area contributed by atoms with Gasteiger partial charge in [0.05, 0.1) is 0 Å². The van der Waals surface area contributed by atoms with Crippen molar-refractivity contribution in [2.24, 2.45) is 5.73 Å². The standard InChI is InChI=1S/C16H18N2O/c1-12(17)19-16-8-6-15(7-9-16)18-10-13-4-2-3-5-14(13)11-18/h2-9,12H,10-11,17H2,1H3. The molecule has 1 unspecified atom stereocenters. The van der Waals surface area contributed by atoms with E-state index in [0.717, 1.165) is 18.8 Å². The first-order valence-corrected chi connectivity index (χ1v) is 6.56. The van der Waals surface area contributed by atoms with Gasteiger partial charge in [-0.05, 0) is 42.3 Å². The van der Waals surface area contributed by atoms with Crippen LogP contribution >= 0.6 is 0 Å². The zero-order valence-electron chi connectivity index (χ0n) is 11.0. The highest BCUT2D eigenvalue weighted by Gasteiger charge is 2.18. The topological polar surface area (TPSA) is 38.5 Å². The highest BCUT2D eigenvalue weighted by molar-refractivity contribution is 5.53. The van der Waals surface area contributed by atoms with Crippen LogP contribution in [-0.2, 0) is 13.1 Å². The Balaban J connectivity index is 1.75. The fourth-order valence-electron chi connectivity index (χ4n) is 2.47. The summed E-state index contributed by atoms with van der Waals surface area (Å²) < 4.78 is 5.45. The molecule has 2 N–H and O–H groups in total. The summed E-state index contributed by atoms with van der Waals surface area (Å²) in [4.78, 5) is 2.36. The second-order valence-electron chi connectivity index (χ2n) is 4.94. The van der Waals surface area contributed by atoms with Crippen molar-refractivity contribution in [3.8, 4) is 5.75 Å². The van der Waals surface area contributed by atoms with E-state index < -0.39 is 0 Å². The fourth-order valence-corrected chi connectivity index (χ4v) is 2.47. The largest absolute Gasteiger partial charge is 0.476 e. The molecule has 98 valence electrons. The molecule has 3 rings (SSSR count). The van der Waals surface area contributed by atoms with Crippen LogP contribution in [0.4, 0.5) is 5.69 Å². The van der Waals surface area contributed by atoms with Crippen LogP contribution in [0.25, 0.3) is 0 Å². The molecule has 1 atom stereocenters. The van der Waals surface area contributed by atoms with Gasteiger partial charge < -0.3 is 9.64 Å². The Morgan fingerprint density at radius 2 is 1.58 bits per heavy atom. The Morgan fingerprint density at radius 3 is 2.11 bits per heavy atom. The van der Waals surface area contributed by atoms with Gasteiger partial charge in [-0.1, -0.05) is 24.3 Å². The average Bonchev–Trinajstić information content (AvgIpc) is 2.82. The molecule has 0 amide bonds. The molecule has 19 heavy (non-hydrogen) atoms. The van der Waals surface area contributed by atoms with Gasteiger partial charge in [0.15, 0.2) is 0 Å². The van der Waals surface area contributed by atoms with Gasteiger partial charge in [-0.25, -0.2) is 0 Å². The van der Waals surface area contributed by atoms with Crippen molar-refractivity contribution in [1.82, 2.24) is 0 Å². The molecule has 3 nitrogen and oxygen atoms in total. The summed E-state index contributed by atoms with van der Waals surface area (Å²) in [5.41, 5.74) is 9.66. The first kappa shape index (κ1) is 12.1. The van der Waals surface area contributed by atoms with E-state index in [9.17, 15) is 0 Å². The van der Waals surface area contributed by atoms with E-state index in [4.69, 9.17) is 10.5 Å². The van der Waals surface area contributed by atoms with Gasteiger partial charge in [-0.15, -0.1) is 0 Å². The van der Waals surface area contributed by atoms with Crippen molar-refractivity contribution in [2.75, 3.05) is 4.90 Å². The number of benzene rings is 2. The summed E-state index contributed by atoms with van der Waals surface area (Å²) in [6, 6.07) is 16.7. The predicted molar refractivity (Wildman–Crippen MR) is 77.0 cm³/mol. The number of fused-ring (bicyclic) bond motifs is 1. The van der Waals surface area contributed by atoms with E-state index >= 15 is 0 Å². The van der Waals surface area contributed by atoms with Gasteiger partial charge >= 0.3 is 0 Å². The van der Waals surface area contributed by atoms with Crippen LogP contribution in [-0.4, -0.2) is 6.23 Å². The SMILES string of the molecule is CC(N)Oc1ccc(N2Cc3ccccc3C2)cc1. The molecule has 2 aromatic rings. The van der Waals surface area contributed by atoms with Gasteiger partial charge in [0.2, 0.25) is 0 Å². The van der Waals surface area contributed by atoms with Crippen molar-refractivity contribution in [1.29, 1.82) is 0 Å². The number of nitrogens with two attached hydrogens (primary N) is 1. The van der Waals surface area contributed by atoms with Gasteiger partial charge in [-0.2, -0.15) is 0 Å². The quantitative estimate of drug-likeness (QED) is 0.856. The van der Waals surface area contributed by atoms with Crippen LogP contribution in [0.2, 0.25) is 0 Å². The smallest absolute Gasteiger partial charge is 0.144 e. The second-order valence-corrected chi connectivity index (χ2v) is 4.94. The van der Waals surface area contributed by atoms with Crippen molar-refractivity contribution in [3.63, 3.8) is 0 Å². The van der Waals surface area contributed by atoms with Gasteiger partial charge in [0, 0.05) is 18.8 Å². The van der Waals surface area contributed by atoms with E-state index in [1.807, 2.05) is 19.1 Å². The number of ether oxygens (including phenoxy) is 1. The minimum Gasteiger partial charge on any atom is -0.476 e. The summed E-state index contributed by atoms with van der Waals surface area (Å²) in [6.45, 7) is 3.78. The number of anilines is 1. The summed E-state index contributed by atoms with van der Waals surface area (Å²) >= 11 is 0. The zero-order valence-corrected chi connectivity index (χ0v) is 11.0. The van der Waals surface area contributed by atoms with Gasteiger partial charge in [-0.3, -0.25) is 5.73 Å². The molecule has 0 saturated carbocycles. The third-order valence-electron chi connectivity index (χ3n) is 3.36. The van der Waals surface area contributed by atoms with Crippen LogP contribution in [0.3, 0.4) is 0 Å². The Bertz CT molecular complexity index is 538. The van der Waals surface area contributed by atoms with E-state index in [1.54, 1.807) is 0 Å². The third kappa shape index (κ3) is 2.56. The first-order valence-electron chi connectivity index (χ1n) is 6.56. The van der Waals surface area contributed by atoms with Gasteiger partial charge in [0.1, 0.15) is 12.0 Å². The Morgan fingerprint density at radius 1 is 1.00 bits per heavy atom. The molecule has 0 spiro atoms. The molecule has 0 aromatic heterocycles. The lowest BCUT2D eigenvalue weighted by Gasteiger charge is -2.18. The van der Waals surface area contributed by atoms with Crippen molar-refractivity contribution >= 4 is 5.69 Å². The molecule has 0 radical (unpaired) electrons. The van der Waals surface area contributed by atoms with Crippen LogP contribution < -0.4 is 15.4 Å². The molecule has 0 aliphatic carbocycles. The van der Waals surface area contributed by atoms with Crippen molar-refractivity contribution in [2.45, 2.75) is 26.2 Å². The maximum atomic E-state index is 5.61. The first-order chi connectivity index (χ1) is 9.22. The van der Waals surface area contributed by atoms with E-state index in [0.29, 0.717) is 0 Å². The maximum absolute atomic E-state index is 5.61. The molecule has 3 heteroatoms. The molecule has 2 aromatic carbocycles. The highest BCUT2D eigenvalue weighted by atomic mass is 16.5. The monoisotopic (exact) mass is 254 g/mol. The lowest BCUT2D eigenvalue weighted by Crippen LogP contribution is -2.22. The Kier molecular flexibility index (Phi) is 3.13. The van der Waals surface area contributed by atoms with E-state index in [-0.39, 0.29) is 6.23 Å². The molecule has 1 aliphatic heterocycles. The van der Waals surface area contributed by atoms with E-state index in [2.05, 4.69) is 41.3 Å². The molecular formula is C16H18N2O. The van der Waals surface area contributed by atoms with Crippen LogP contribution in [0.1, 0.15) is 18.1 Å². The molecule has 0 saturated heterocycles. The van der Waals surface area contributed by atoms with Crippen molar-refractivity contribution in [3.05, 3.63) is 59.7 Å². The highest BCUT2D eigenvalue weighted by Crippen LogP contribution is 2.29. The summed E-state index contributed by atoms with van der Waals surface area (Å²) in [5.74, 6) is 0.815. The maximum Gasteiger partial charge on any atom is 0.144 e. The number of hydrogen-bond donors (Lipinski definition) is 1. The minimum absolute atomic E-state index is 0.276. The Labute approximate surface area is 113 Å². The Hall–Kier alpha value is -2.00. The lowest BCUT2D eigenvalue weighted by molar-refractivity contribution is 0.230. The average molecular weight is 254 g/mol. The third-order valence-corrected chi connectivity index (χ3v) is 3.36. The zero-order chi connectivity index (χ0) is 13.2. The number of rotatable bonds is 3. The summed E-state index contributed by atoms with van der Waals surface area (Å²) in [7, 11) is 0. The van der Waals surface area contributed by atoms with E-state index in [1.165, 1.54) is 16.8 Å². The molecule has 0 fully saturated rings. The predicted octanol–water partition coefficient (Wildman–Crippen LogP) is 2.89. The second kappa shape index (κ2) is 4.94. The number of hydrogen-bond acceptors (Lipinski definition) is 3. The normalized spacial score (nSPS) is 15.2. The molecule has 0 bridgehead atoms. The summed E-state index contributed by atoms with van der Waals surface area (Å²) in [6.07, 6.45) is -0.276. The number of nitrogens with zero attached hydrogens (tertiary/aromatic N) is 1. The van der Waals surface area contributed by atoms with Crippen LogP contribution in [0.15, 0.2) is 48.5 Å². The fraction of sp³-hybridized carbons (Fsp3) is 0.250. The lowest BCUT2D eigenvalue weighted by atomic mass is 10.1. The van der Waals surface area contributed by atoms with Crippen molar-refractivity contribution < 1.29 is 4.74 Å².